The number of methoxy groups -OCH3 is 2. The van der Waals surface area contributed by atoms with Gasteiger partial charge in [-0.3, -0.25) is 29.8 Å². The second kappa shape index (κ2) is 29.2. The number of benzodiazepines with no additional fused rings is 2. The van der Waals surface area contributed by atoms with Crippen molar-refractivity contribution >= 4 is 95.3 Å². The van der Waals surface area contributed by atoms with Crippen LogP contribution in [0.2, 0.25) is 10.0 Å². The van der Waals surface area contributed by atoms with E-state index in [9.17, 15) is 14.7 Å². The Morgan fingerprint density at radius 1 is 0.590 bits per heavy atom. The normalized spacial score (nSPS) is 13.7. The first-order valence-electron chi connectivity index (χ1n) is 26.4. The van der Waals surface area contributed by atoms with Gasteiger partial charge < -0.3 is 24.4 Å². The Morgan fingerprint density at radius 3 is 1.53 bits per heavy atom. The van der Waals surface area contributed by atoms with Gasteiger partial charge in [0.15, 0.2) is 0 Å². The fraction of sp³-hybridized carbons (Fsp3) is 0.182. The maximum Gasteiger partial charge on any atom is 1.00 e. The van der Waals surface area contributed by atoms with Gasteiger partial charge in [0.25, 0.3) is 5.91 Å². The molecule has 1 atom stereocenters. The zero-order valence-corrected chi connectivity index (χ0v) is 53.2. The van der Waals surface area contributed by atoms with E-state index in [2.05, 4.69) is 114 Å². The van der Waals surface area contributed by atoms with Crippen molar-refractivity contribution in [2.45, 2.75) is 57.3 Å². The maximum atomic E-state index is 14.2. The van der Waals surface area contributed by atoms with Crippen LogP contribution in [0.15, 0.2) is 205 Å². The van der Waals surface area contributed by atoms with Gasteiger partial charge in [-0.15, -0.1) is 5.60 Å². The molecule has 0 bridgehead atoms. The molecule has 0 saturated carbocycles. The van der Waals surface area contributed by atoms with Crippen molar-refractivity contribution in [1.29, 1.82) is 0 Å². The molecule has 0 spiro atoms. The molecule has 12 rings (SSSR count). The van der Waals surface area contributed by atoms with Crippen molar-refractivity contribution in [3.63, 3.8) is 0 Å². The number of ether oxygens (including phenoxy) is 2. The van der Waals surface area contributed by atoms with Gasteiger partial charge >= 0.3 is 51.4 Å². The Kier molecular flexibility index (Phi) is 21.9. The van der Waals surface area contributed by atoms with Crippen LogP contribution in [-0.4, -0.2) is 76.0 Å². The van der Waals surface area contributed by atoms with Crippen molar-refractivity contribution in [3.8, 4) is 11.5 Å². The molecule has 2 amide bonds. The van der Waals surface area contributed by atoms with E-state index < -0.39 is 11.6 Å². The molecule has 83 heavy (non-hydrogen) atoms. The van der Waals surface area contributed by atoms with Crippen LogP contribution in [0.4, 0.5) is 11.4 Å². The summed E-state index contributed by atoms with van der Waals surface area (Å²) in [6, 6.07) is 55.3. The summed E-state index contributed by atoms with van der Waals surface area (Å²) in [5, 5.41) is 30.9. The summed E-state index contributed by atoms with van der Waals surface area (Å²) in [4.78, 5) is 40.2. The minimum absolute atomic E-state index is 0. The molecule has 0 fully saturated rings. The largest absolute Gasteiger partial charge is 1.00 e. The van der Waals surface area contributed by atoms with Gasteiger partial charge in [-0.2, -0.15) is 10.2 Å². The monoisotopic (exact) mass is 1230 g/mol. The van der Waals surface area contributed by atoms with Gasteiger partial charge in [-0.05, 0) is 104 Å². The number of aromatic nitrogens is 4. The molecule has 17 heteroatoms. The molecular weight excluding hydrogens is 1170 g/mol. The van der Waals surface area contributed by atoms with Gasteiger partial charge in [0.2, 0.25) is 5.91 Å². The van der Waals surface area contributed by atoms with Crippen LogP contribution in [0.25, 0.3) is 21.5 Å². The number of aliphatic imine (C=N–C) groups is 2. The van der Waals surface area contributed by atoms with Crippen LogP contribution >= 0.6 is 39.1 Å². The number of nitrogens with one attached hydrogen (secondary N) is 2. The number of halogens is 3. The Balaban J connectivity index is 0.000000173. The predicted molar refractivity (Wildman–Crippen MR) is 332 cm³/mol. The Morgan fingerprint density at radius 2 is 1.04 bits per heavy atom. The summed E-state index contributed by atoms with van der Waals surface area (Å²) < 4.78 is 10.5. The SMILES string of the molecule is BrCc1ccc2ccccc2c1.CC(C)(C)[O-].COc1ccc(CN2C(=O)C(Cc3ccc4ccccc4c3)N=C(c3cn[nH]c3)c3cc(Cl)ccc32)cc1.COc1ccc(CN2C(=O)CN=C(c3cn[nH]c3)c3cc(Cl)ccc32)cc1.[K+]. The topological polar surface area (TPSA) is 164 Å². The Hall–Kier alpha value is -6.76. The van der Waals surface area contributed by atoms with Crippen LogP contribution in [-0.2, 0) is 34.4 Å². The third kappa shape index (κ3) is 16.5. The van der Waals surface area contributed by atoms with E-state index in [1.54, 1.807) is 70.7 Å². The van der Waals surface area contributed by atoms with E-state index >= 15 is 0 Å². The second-order valence-corrected chi connectivity index (χ2v) is 21.8. The molecule has 416 valence electrons. The number of anilines is 2. The van der Waals surface area contributed by atoms with E-state index in [4.69, 9.17) is 37.7 Å². The van der Waals surface area contributed by atoms with E-state index in [0.29, 0.717) is 41.0 Å². The number of hydrogen-bond acceptors (Lipinski definition) is 9. The minimum Gasteiger partial charge on any atom is -0.850 e. The zero-order valence-electron chi connectivity index (χ0n) is 46.9. The van der Waals surface area contributed by atoms with Gasteiger partial charge in [-0.25, -0.2) is 0 Å². The summed E-state index contributed by atoms with van der Waals surface area (Å²) >= 11 is 16.1. The number of fused-ring (bicyclic) bond motifs is 4. The fourth-order valence-electron chi connectivity index (χ4n) is 9.34. The van der Waals surface area contributed by atoms with Crippen molar-refractivity contribution in [2.75, 3.05) is 30.6 Å². The van der Waals surface area contributed by atoms with Crippen LogP contribution in [0, 0.1) is 0 Å². The molecule has 2 aromatic heterocycles. The van der Waals surface area contributed by atoms with Crippen molar-refractivity contribution < 1.29 is 75.6 Å². The molecule has 1 unspecified atom stereocenters. The summed E-state index contributed by atoms with van der Waals surface area (Å²) in [6.07, 6.45) is 7.42. The van der Waals surface area contributed by atoms with Crippen molar-refractivity contribution in [3.05, 3.63) is 249 Å². The molecular formula is C66H60BrCl2KN8O5. The quantitative estimate of drug-likeness (QED) is 0.0961. The molecule has 0 saturated heterocycles. The third-order valence-electron chi connectivity index (χ3n) is 13.3. The minimum atomic E-state index is -0.750. The summed E-state index contributed by atoms with van der Waals surface area (Å²) in [5.74, 6) is 1.39. The maximum absolute atomic E-state index is 14.2. The van der Waals surface area contributed by atoms with Gasteiger partial charge in [-0.1, -0.05) is 169 Å². The standard InChI is InChI=1S/C31H25ClN4O2.C20H17ClN4O2.C11H9Br.C4H9O.K/c1-38-26-11-7-20(8-12-26)19-36-29-13-10-25(32)16-27(29)30(24-17-33-34-18-24)35-28(31(36)37)15-21-6-9-22-4-2-3-5-23(22)14-21;1-27-16-5-2-13(3-6-16)12-25-18-7-4-15(21)8-17(18)20(22-11-19(25)26)14-9-23-24-10-14;12-8-9-5-6-10-3-1-2-4-11(10)7-9;1-4(2,3)5;/h2-14,16-18,28H,15,19H2,1H3,(H,33,34);2-10H,11-12H2,1H3,(H,23,24);1-7H,8H2;1-3H3;/q;;;-1;+1. The van der Waals surface area contributed by atoms with Crippen molar-refractivity contribution in [1.82, 2.24) is 20.4 Å². The second-order valence-electron chi connectivity index (χ2n) is 20.4. The molecule has 0 radical (unpaired) electrons. The van der Waals surface area contributed by atoms with E-state index in [1.807, 2.05) is 95.9 Å². The summed E-state index contributed by atoms with van der Waals surface area (Å²) in [5.41, 5.74) is 9.75. The molecule has 10 aromatic rings. The average Bonchev–Trinajstić information content (AvgIpc) is 4.28. The molecule has 2 aliphatic rings. The zero-order chi connectivity index (χ0) is 57.8. The number of alkyl halides is 1. The molecule has 2 aliphatic heterocycles. The number of carbonyl (C=O) groups is 2. The molecule has 8 aromatic carbocycles. The van der Waals surface area contributed by atoms with Crippen LogP contribution in [0.1, 0.15) is 65.3 Å². The number of amides is 2. The summed E-state index contributed by atoms with van der Waals surface area (Å²) in [6.45, 7) is 5.78. The number of hydrogen-bond donors (Lipinski definition) is 2. The van der Waals surface area contributed by atoms with Gasteiger partial charge in [0.1, 0.15) is 24.1 Å². The summed E-state index contributed by atoms with van der Waals surface area (Å²) in [7, 11) is 3.27. The van der Waals surface area contributed by atoms with E-state index in [1.165, 1.54) is 16.3 Å². The van der Waals surface area contributed by atoms with Crippen molar-refractivity contribution in [2.24, 2.45) is 9.98 Å². The predicted octanol–water partition coefficient (Wildman–Crippen LogP) is 10.6. The number of carbonyl (C=O) groups excluding carboxylic acids is 2. The number of nitrogens with zero attached hydrogens (tertiary/aromatic N) is 6. The van der Waals surface area contributed by atoms with Crippen LogP contribution < -0.4 is 75.8 Å². The Bertz CT molecular complexity index is 3870. The first kappa shape index (κ1) is 62.3. The number of rotatable bonds is 11. The number of benzene rings is 8. The molecule has 13 nitrogen and oxygen atoms in total. The molecule has 2 N–H and O–H groups in total. The number of aromatic amines is 2. The Labute approximate surface area is 544 Å². The molecule has 0 aliphatic carbocycles. The van der Waals surface area contributed by atoms with Gasteiger partial charge in [0.05, 0.1) is 62.5 Å². The first-order valence-corrected chi connectivity index (χ1v) is 28.3. The van der Waals surface area contributed by atoms with Crippen LogP contribution in [0.3, 0.4) is 0 Å². The average molecular weight is 1240 g/mol. The smallest absolute Gasteiger partial charge is 0.850 e. The van der Waals surface area contributed by atoms with E-state index in [-0.39, 0.29) is 69.7 Å². The molecule has 4 heterocycles. The fourth-order valence-corrected chi connectivity index (χ4v) is 10.0. The third-order valence-corrected chi connectivity index (χ3v) is 14.4. The van der Waals surface area contributed by atoms with Crippen LogP contribution in [0.5, 0.6) is 11.5 Å². The van der Waals surface area contributed by atoms with Gasteiger partial charge in [0, 0.05) is 56.4 Å². The van der Waals surface area contributed by atoms with E-state index in [0.717, 1.165) is 77.9 Å². The first-order chi connectivity index (χ1) is 39.6. The number of H-pyrrole nitrogens is 2.